The van der Waals surface area contributed by atoms with Crippen molar-refractivity contribution in [2.24, 2.45) is 0 Å². The Bertz CT molecular complexity index is 1070. The van der Waals surface area contributed by atoms with E-state index >= 15 is 0 Å². The van der Waals surface area contributed by atoms with Crippen LogP contribution in [0.3, 0.4) is 0 Å². The molecular formula is C26H38N2O8S2. The predicted molar refractivity (Wildman–Crippen MR) is 143 cm³/mol. The summed E-state index contributed by atoms with van der Waals surface area (Å²) in [7, 11) is -7.41. The fraction of sp³-hybridized carbons (Fsp3) is 0.538. The van der Waals surface area contributed by atoms with Gasteiger partial charge >= 0.3 is 0 Å². The molecule has 2 aromatic carbocycles. The van der Waals surface area contributed by atoms with Gasteiger partial charge in [0.1, 0.15) is 0 Å². The monoisotopic (exact) mass is 570 g/mol. The molecule has 0 N–H and O–H groups in total. The van der Waals surface area contributed by atoms with Gasteiger partial charge in [-0.15, -0.1) is 0 Å². The molecule has 0 aliphatic carbocycles. The van der Waals surface area contributed by atoms with E-state index in [1.165, 1.54) is 8.61 Å². The van der Waals surface area contributed by atoms with Gasteiger partial charge in [0.15, 0.2) is 0 Å². The van der Waals surface area contributed by atoms with Crippen molar-refractivity contribution >= 4 is 20.0 Å². The van der Waals surface area contributed by atoms with Crippen LogP contribution in [0.25, 0.3) is 0 Å². The van der Waals surface area contributed by atoms with Gasteiger partial charge in [-0.1, -0.05) is 35.4 Å². The van der Waals surface area contributed by atoms with Crippen molar-refractivity contribution in [1.29, 1.82) is 0 Å². The summed E-state index contributed by atoms with van der Waals surface area (Å²) < 4.78 is 77.8. The maximum Gasteiger partial charge on any atom is 0.243 e. The standard InChI is InChI=1S/C26H38N2O8S2/c1-23-3-7-25(8-4-23)37(29,30)27-11-15-33-19-21-35-17-13-28(14-18-36-22-20-34-16-12-27)38(31,32)26-9-5-24(2)6-10-26/h3-10H,11-22H2,1-2H3. The first-order chi connectivity index (χ1) is 18.2. The van der Waals surface area contributed by atoms with Crippen LogP contribution in [0.15, 0.2) is 58.3 Å². The van der Waals surface area contributed by atoms with E-state index < -0.39 is 20.0 Å². The van der Waals surface area contributed by atoms with Gasteiger partial charge in [0.25, 0.3) is 0 Å². The van der Waals surface area contributed by atoms with Crippen molar-refractivity contribution < 1.29 is 35.8 Å². The molecule has 0 unspecified atom stereocenters. The number of hydrogen-bond donors (Lipinski definition) is 0. The van der Waals surface area contributed by atoms with Crippen LogP contribution < -0.4 is 0 Å². The van der Waals surface area contributed by atoms with Crippen LogP contribution in [0, 0.1) is 13.8 Å². The Kier molecular flexibility index (Phi) is 12.1. The van der Waals surface area contributed by atoms with E-state index in [0.29, 0.717) is 0 Å². The Balaban J connectivity index is 1.59. The molecule has 12 heteroatoms. The summed E-state index contributed by atoms with van der Waals surface area (Å²) in [5.41, 5.74) is 1.96. The zero-order valence-electron chi connectivity index (χ0n) is 22.1. The van der Waals surface area contributed by atoms with Crippen molar-refractivity contribution in [1.82, 2.24) is 8.61 Å². The quantitative estimate of drug-likeness (QED) is 0.549. The summed E-state index contributed by atoms with van der Waals surface area (Å²) in [6.07, 6.45) is 0. The van der Waals surface area contributed by atoms with Crippen LogP contribution in [0.2, 0.25) is 0 Å². The van der Waals surface area contributed by atoms with Crippen molar-refractivity contribution in [2.45, 2.75) is 23.6 Å². The van der Waals surface area contributed by atoms with E-state index in [1.807, 2.05) is 13.8 Å². The summed E-state index contributed by atoms with van der Waals surface area (Å²) in [5.74, 6) is 0. The Hall–Kier alpha value is -1.90. The lowest BCUT2D eigenvalue weighted by molar-refractivity contribution is 0.0238. The highest BCUT2D eigenvalue weighted by Gasteiger charge is 2.25. The summed E-state index contributed by atoms with van der Waals surface area (Å²) in [6, 6.07) is 13.5. The van der Waals surface area contributed by atoms with Crippen LogP contribution in [-0.2, 0) is 39.0 Å². The minimum atomic E-state index is -3.70. The van der Waals surface area contributed by atoms with E-state index in [9.17, 15) is 16.8 Å². The molecule has 1 fully saturated rings. The summed E-state index contributed by atoms with van der Waals surface area (Å²) in [6.45, 7) is 6.22. The summed E-state index contributed by atoms with van der Waals surface area (Å²) >= 11 is 0. The molecule has 3 rings (SSSR count). The Morgan fingerprint density at radius 2 is 0.737 bits per heavy atom. The average molecular weight is 571 g/mol. The van der Waals surface area contributed by atoms with E-state index in [1.54, 1.807) is 48.5 Å². The summed E-state index contributed by atoms with van der Waals surface area (Å²) in [5, 5.41) is 0. The highest BCUT2D eigenvalue weighted by molar-refractivity contribution is 7.89. The molecule has 38 heavy (non-hydrogen) atoms. The van der Waals surface area contributed by atoms with Gasteiger partial charge in [0.05, 0.1) is 62.6 Å². The fourth-order valence-electron chi connectivity index (χ4n) is 3.73. The predicted octanol–water partition coefficient (Wildman–Crippen LogP) is 2.07. The molecule has 0 bridgehead atoms. The topological polar surface area (TPSA) is 112 Å². The van der Waals surface area contributed by atoms with Crippen molar-refractivity contribution in [3.8, 4) is 0 Å². The zero-order valence-corrected chi connectivity index (χ0v) is 23.7. The molecule has 0 spiro atoms. The second kappa shape index (κ2) is 15.0. The first-order valence-corrected chi connectivity index (χ1v) is 15.5. The average Bonchev–Trinajstić information content (AvgIpc) is 2.89. The van der Waals surface area contributed by atoms with Gasteiger partial charge in [-0.25, -0.2) is 16.8 Å². The molecule has 0 aromatic heterocycles. The molecule has 1 aliphatic heterocycles. The van der Waals surface area contributed by atoms with Crippen LogP contribution in [0.4, 0.5) is 0 Å². The van der Waals surface area contributed by atoms with Gasteiger partial charge in [0, 0.05) is 26.2 Å². The lowest BCUT2D eigenvalue weighted by Gasteiger charge is -2.23. The molecule has 0 amide bonds. The highest BCUT2D eigenvalue weighted by Crippen LogP contribution is 2.17. The van der Waals surface area contributed by atoms with E-state index in [-0.39, 0.29) is 88.8 Å². The third-order valence-electron chi connectivity index (χ3n) is 6.00. The van der Waals surface area contributed by atoms with Crippen LogP contribution in [0.5, 0.6) is 0 Å². The molecule has 1 heterocycles. The maximum absolute atomic E-state index is 13.2. The summed E-state index contributed by atoms with van der Waals surface area (Å²) in [4.78, 5) is 0.448. The number of ether oxygens (including phenoxy) is 4. The second-order valence-corrected chi connectivity index (χ2v) is 12.8. The molecule has 1 saturated heterocycles. The zero-order chi connectivity index (χ0) is 27.4. The van der Waals surface area contributed by atoms with Gasteiger partial charge in [0.2, 0.25) is 20.0 Å². The Morgan fingerprint density at radius 1 is 0.474 bits per heavy atom. The van der Waals surface area contributed by atoms with Gasteiger partial charge < -0.3 is 18.9 Å². The number of nitrogens with zero attached hydrogens (tertiary/aromatic N) is 2. The SMILES string of the molecule is Cc1ccc(S(=O)(=O)N2CCOCCOCCN(S(=O)(=O)c3ccc(C)cc3)CCOCCOCC2)cc1. The lowest BCUT2D eigenvalue weighted by atomic mass is 10.2. The lowest BCUT2D eigenvalue weighted by Crippen LogP contribution is -2.38. The first-order valence-electron chi connectivity index (χ1n) is 12.7. The highest BCUT2D eigenvalue weighted by atomic mass is 32.2. The van der Waals surface area contributed by atoms with E-state index in [4.69, 9.17) is 18.9 Å². The molecule has 212 valence electrons. The number of hydrogen-bond acceptors (Lipinski definition) is 8. The Labute approximate surface area is 226 Å². The fourth-order valence-corrected chi connectivity index (χ4v) is 6.55. The van der Waals surface area contributed by atoms with Crippen LogP contribution >= 0.6 is 0 Å². The van der Waals surface area contributed by atoms with Crippen LogP contribution in [-0.4, -0.2) is 104 Å². The largest absolute Gasteiger partial charge is 0.378 e. The normalized spacial score (nSPS) is 19.4. The molecular weight excluding hydrogens is 532 g/mol. The number of sulfonamides is 2. The minimum Gasteiger partial charge on any atom is -0.378 e. The molecule has 2 aromatic rings. The molecule has 10 nitrogen and oxygen atoms in total. The van der Waals surface area contributed by atoms with Crippen molar-refractivity contribution in [3.63, 3.8) is 0 Å². The maximum atomic E-state index is 13.2. The third-order valence-corrected chi connectivity index (χ3v) is 9.83. The minimum absolute atomic E-state index is 0.165. The van der Waals surface area contributed by atoms with Crippen LogP contribution in [0.1, 0.15) is 11.1 Å². The molecule has 0 radical (unpaired) electrons. The van der Waals surface area contributed by atoms with Gasteiger partial charge in [-0.2, -0.15) is 8.61 Å². The van der Waals surface area contributed by atoms with Crippen molar-refractivity contribution in [3.05, 3.63) is 59.7 Å². The van der Waals surface area contributed by atoms with E-state index in [0.717, 1.165) is 11.1 Å². The molecule has 0 atom stereocenters. The number of benzene rings is 2. The number of aryl methyl sites for hydroxylation is 2. The smallest absolute Gasteiger partial charge is 0.243 e. The molecule has 0 saturated carbocycles. The molecule has 1 aliphatic rings. The van der Waals surface area contributed by atoms with Crippen molar-refractivity contribution in [2.75, 3.05) is 79.0 Å². The van der Waals surface area contributed by atoms with Gasteiger partial charge in [-0.3, -0.25) is 0 Å². The Morgan fingerprint density at radius 3 is 1.00 bits per heavy atom. The van der Waals surface area contributed by atoms with Gasteiger partial charge in [-0.05, 0) is 38.1 Å². The second-order valence-electron chi connectivity index (χ2n) is 8.88. The first kappa shape index (κ1) is 30.6. The number of rotatable bonds is 4. The third kappa shape index (κ3) is 9.09. The van der Waals surface area contributed by atoms with E-state index in [2.05, 4.69) is 0 Å².